The molecule has 4 nitrogen and oxygen atoms in total. The van der Waals surface area contributed by atoms with E-state index in [0.29, 0.717) is 22.3 Å². The summed E-state index contributed by atoms with van der Waals surface area (Å²) < 4.78 is 11.6. The van der Waals surface area contributed by atoms with Gasteiger partial charge >= 0.3 is 0 Å². The largest absolute Gasteiger partial charge is 0.493 e. The van der Waals surface area contributed by atoms with Gasteiger partial charge in [0.25, 0.3) is 0 Å². The number of anilines is 1. The number of hydrogen-bond acceptors (Lipinski definition) is 3. The highest BCUT2D eigenvalue weighted by Gasteiger charge is 2.17. The van der Waals surface area contributed by atoms with Crippen molar-refractivity contribution in [3.63, 3.8) is 0 Å². The van der Waals surface area contributed by atoms with Crippen LogP contribution in [0.5, 0.6) is 5.75 Å². The lowest BCUT2D eigenvalue weighted by atomic mass is 9.98. The fourth-order valence-corrected chi connectivity index (χ4v) is 3.67. The highest BCUT2D eigenvalue weighted by atomic mass is 35.5. The smallest absolute Gasteiger partial charge is 0.248 e. The Labute approximate surface area is 174 Å². The van der Waals surface area contributed by atoms with Gasteiger partial charge in [-0.05, 0) is 63.1 Å². The van der Waals surface area contributed by atoms with Gasteiger partial charge in [0, 0.05) is 38.3 Å². The SMILES string of the molecule is CCOc1c(/C(C)=C/C(=O)Nc2cc(Cl)cc(Cl)c2)cc2c(C)coc2c1C. The summed E-state index contributed by atoms with van der Waals surface area (Å²) in [7, 11) is 0. The van der Waals surface area contributed by atoms with Crippen LogP contribution in [0, 0.1) is 13.8 Å². The second-order valence-electron chi connectivity index (χ2n) is 6.58. The first kappa shape index (κ1) is 20.3. The zero-order valence-electron chi connectivity index (χ0n) is 16.2. The van der Waals surface area contributed by atoms with Crippen LogP contribution in [-0.4, -0.2) is 12.5 Å². The fraction of sp³-hybridized carbons (Fsp3) is 0.227. The second-order valence-corrected chi connectivity index (χ2v) is 7.45. The minimum absolute atomic E-state index is 0.278. The highest BCUT2D eigenvalue weighted by molar-refractivity contribution is 6.35. The first-order valence-corrected chi connectivity index (χ1v) is 9.65. The number of carbonyl (C=O) groups excluding carboxylic acids is 1. The fourth-order valence-electron chi connectivity index (χ4n) is 3.14. The maximum Gasteiger partial charge on any atom is 0.248 e. The van der Waals surface area contributed by atoms with Gasteiger partial charge in [-0.1, -0.05) is 23.2 Å². The van der Waals surface area contributed by atoms with Gasteiger partial charge in [0.2, 0.25) is 5.91 Å². The maximum absolute atomic E-state index is 12.5. The van der Waals surface area contributed by atoms with Gasteiger partial charge in [-0.2, -0.15) is 0 Å². The number of hydrogen-bond donors (Lipinski definition) is 1. The van der Waals surface area contributed by atoms with Gasteiger partial charge < -0.3 is 14.5 Å². The molecule has 0 atom stereocenters. The van der Waals surface area contributed by atoms with Crippen LogP contribution in [-0.2, 0) is 4.79 Å². The van der Waals surface area contributed by atoms with Gasteiger partial charge in [-0.3, -0.25) is 4.79 Å². The molecule has 1 heterocycles. The van der Waals surface area contributed by atoms with E-state index < -0.39 is 0 Å². The van der Waals surface area contributed by atoms with Gasteiger partial charge in [-0.15, -0.1) is 0 Å². The van der Waals surface area contributed by atoms with E-state index in [-0.39, 0.29) is 5.91 Å². The van der Waals surface area contributed by atoms with E-state index in [1.54, 1.807) is 24.5 Å². The molecule has 1 N–H and O–H groups in total. The first-order chi connectivity index (χ1) is 13.3. The van der Waals surface area contributed by atoms with Crippen LogP contribution in [0.3, 0.4) is 0 Å². The summed E-state index contributed by atoms with van der Waals surface area (Å²) in [5.41, 5.74) is 4.92. The third-order valence-corrected chi connectivity index (χ3v) is 4.87. The van der Waals surface area contributed by atoms with E-state index in [1.807, 2.05) is 33.8 Å². The summed E-state index contributed by atoms with van der Waals surface area (Å²) in [6.07, 6.45) is 3.26. The number of benzene rings is 2. The molecule has 0 unspecified atom stereocenters. The summed E-state index contributed by atoms with van der Waals surface area (Å²) in [5, 5.41) is 4.71. The number of amides is 1. The predicted molar refractivity (Wildman–Crippen MR) is 116 cm³/mol. The lowest BCUT2D eigenvalue weighted by Crippen LogP contribution is -2.09. The number of fused-ring (bicyclic) bond motifs is 1. The zero-order valence-corrected chi connectivity index (χ0v) is 17.7. The number of aryl methyl sites for hydroxylation is 2. The summed E-state index contributed by atoms with van der Waals surface area (Å²) >= 11 is 12.0. The molecule has 3 rings (SSSR count). The van der Waals surface area contributed by atoms with Crippen molar-refractivity contribution in [2.24, 2.45) is 0 Å². The Balaban J connectivity index is 1.99. The van der Waals surface area contributed by atoms with Crippen molar-refractivity contribution in [2.75, 3.05) is 11.9 Å². The van der Waals surface area contributed by atoms with Crippen LogP contribution < -0.4 is 10.1 Å². The summed E-state index contributed by atoms with van der Waals surface area (Å²) in [5.74, 6) is 0.441. The van der Waals surface area contributed by atoms with Crippen LogP contribution in [0.15, 0.2) is 41.0 Å². The Morgan fingerprint density at radius 2 is 1.86 bits per heavy atom. The first-order valence-electron chi connectivity index (χ1n) is 8.90. The molecule has 0 aliphatic carbocycles. The Kier molecular flexibility index (Phi) is 6.01. The molecule has 146 valence electrons. The van der Waals surface area contributed by atoms with Crippen molar-refractivity contribution in [3.05, 3.63) is 63.3 Å². The molecule has 0 spiro atoms. The van der Waals surface area contributed by atoms with Crippen molar-refractivity contribution in [2.45, 2.75) is 27.7 Å². The average Bonchev–Trinajstić information content (AvgIpc) is 2.97. The van der Waals surface area contributed by atoms with Crippen molar-refractivity contribution >= 4 is 51.3 Å². The second kappa shape index (κ2) is 8.29. The van der Waals surface area contributed by atoms with E-state index in [2.05, 4.69) is 5.32 Å². The van der Waals surface area contributed by atoms with E-state index >= 15 is 0 Å². The summed E-state index contributed by atoms with van der Waals surface area (Å²) in [6, 6.07) is 6.90. The van der Waals surface area contributed by atoms with Gasteiger partial charge in [-0.25, -0.2) is 0 Å². The van der Waals surface area contributed by atoms with E-state index in [9.17, 15) is 4.79 Å². The van der Waals surface area contributed by atoms with Crippen molar-refractivity contribution in [1.82, 2.24) is 0 Å². The number of halogens is 2. The van der Waals surface area contributed by atoms with Crippen LogP contribution in [0.25, 0.3) is 16.5 Å². The number of nitrogens with one attached hydrogen (secondary N) is 1. The molecule has 0 fully saturated rings. The molecule has 0 saturated heterocycles. The molecular formula is C22H21Cl2NO3. The van der Waals surface area contributed by atoms with E-state index in [4.69, 9.17) is 32.4 Å². The molecule has 6 heteroatoms. The number of carbonyl (C=O) groups is 1. The summed E-state index contributed by atoms with van der Waals surface area (Å²) in [4.78, 5) is 12.5. The van der Waals surface area contributed by atoms with Crippen molar-refractivity contribution in [1.29, 1.82) is 0 Å². The third kappa shape index (κ3) is 4.18. The minimum atomic E-state index is -0.278. The molecule has 0 aliphatic rings. The normalized spacial score (nSPS) is 11.7. The van der Waals surface area contributed by atoms with Gasteiger partial charge in [0.15, 0.2) is 0 Å². The average molecular weight is 418 g/mol. The molecule has 28 heavy (non-hydrogen) atoms. The molecule has 0 aliphatic heterocycles. The number of furan rings is 1. The highest BCUT2D eigenvalue weighted by Crippen LogP contribution is 2.37. The third-order valence-electron chi connectivity index (χ3n) is 4.43. The molecule has 0 bridgehead atoms. The summed E-state index contributed by atoms with van der Waals surface area (Å²) in [6.45, 7) is 8.27. The Morgan fingerprint density at radius 1 is 1.18 bits per heavy atom. The lowest BCUT2D eigenvalue weighted by molar-refractivity contribution is -0.111. The van der Waals surface area contributed by atoms with E-state index in [1.165, 1.54) is 6.08 Å². The van der Waals surface area contributed by atoms with Crippen molar-refractivity contribution in [3.8, 4) is 5.75 Å². The quantitative estimate of drug-likeness (QED) is 0.464. The Morgan fingerprint density at radius 3 is 2.50 bits per heavy atom. The topological polar surface area (TPSA) is 51.5 Å². The van der Waals surface area contributed by atoms with Crippen LogP contribution >= 0.6 is 23.2 Å². The van der Waals surface area contributed by atoms with Crippen LogP contribution in [0.1, 0.15) is 30.5 Å². The molecule has 0 saturated carbocycles. The molecule has 0 radical (unpaired) electrons. The van der Waals surface area contributed by atoms with Crippen molar-refractivity contribution < 1.29 is 13.9 Å². The molecule has 1 amide bonds. The zero-order chi connectivity index (χ0) is 20.4. The van der Waals surface area contributed by atoms with Gasteiger partial charge in [0.05, 0.1) is 12.9 Å². The van der Waals surface area contributed by atoms with Gasteiger partial charge in [0.1, 0.15) is 11.3 Å². The Hall–Kier alpha value is -2.43. The van der Waals surface area contributed by atoms with Crippen LogP contribution in [0.4, 0.5) is 5.69 Å². The minimum Gasteiger partial charge on any atom is -0.493 e. The number of allylic oxidation sites excluding steroid dienone is 1. The molecule has 3 aromatic rings. The van der Waals surface area contributed by atoms with E-state index in [0.717, 1.165) is 39.0 Å². The lowest BCUT2D eigenvalue weighted by Gasteiger charge is -2.14. The number of rotatable bonds is 5. The predicted octanol–water partition coefficient (Wildman–Crippen LogP) is 6.80. The molecule has 1 aromatic heterocycles. The van der Waals surface area contributed by atoms with Crippen LogP contribution in [0.2, 0.25) is 10.0 Å². The monoisotopic (exact) mass is 417 g/mol. The molecular weight excluding hydrogens is 397 g/mol. The standard InChI is InChI=1S/C22H21Cl2NO3/c1-5-27-21-14(4)22-19(13(3)11-28-22)10-18(21)12(2)6-20(26)25-17-8-15(23)7-16(24)9-17/h6-11H,5H2,1-4H3,(H,25,26)/b12-6+. The maximum atomic E-state index is 12.5. The molecule has 2 aromatic carbocycles. The Bertz CT molecular complexity index is 1060. The number of ether oxygens (including phenoxy) is 1.